The van der Waals surface area contributed by atoms with Crippen LogP contribution in [-0.4, -0.2) is 46.3 Å². The molecule has 1 aromatic rings. The molecule has 8 heteroatoms. The van der Waals surface area contributed by atoms with E-state index in [1.165, 1.54) is 0 Å². The second kappa shape index (κ2) is 6.55. The van der Waals surface area contributed by atoms with Crippen molar-refractivity contribution in [3.63, 3.8) is 0 Å². The van der Waals surface area contributed by atoms with E-state index in [0.717, 1.165) is 13.0 Å². The molecule has 2 amide bonds. The first-order valence-corrected chi connectivity index (χ1v) is 8.86. The Bertz CT molecular complexity index is 616. The minimum absolute atomic E-state index is 0.00433. The first-order valence-electron chi connectivity index (χ1n) is 8.86. The zero-order valence-electron chi connectivity index (χ0n) is 15.0. The number of hydrazine groups is 1. The lowest BCUT2D eigenvalue weighted by molar-refractivity contribution is -0.0742. The van der Waals surface area contributed by atoms with Gasteiger partial charge in [-0.05, 0) is 19.3 Å². The van der Waals surface area contributed by atoms with Gasteiger partial charge < -0.3 is 4.52 Å². The van der Waals surface area contributed by atoms with E-state index in [9.17, 15) is 13.6 Å². The quantitative estimate of drug-likeness (QED) is 0.870. The number of carbonyl (C=O) groups is 1. The van der Waals surface area contributed by atoms with Crippen LogP contribution in [0.1, 0.15) is 58.6 Å². The average molecular weight is 356 g/mol. The molecule has 1 N–H and O–H groups in total. The number of halogens is 2. The van der Waals surface area contributed by atoms with Crippen LogP contribution in [0.3, 0.4) is 0 Å². The molecule has 0 atom stereocenters. The number of aromatic nitrogens is 1. The fourth-order valence-corrected chi connectivity index (χ4v) is 3.41. The molecule has 0 radical (unpaired) electrons. The van der Waals surface area contributed by atoms with Crippen LogP contribution in [0.2, 0.25) is 0 Å². The molecule has 1 saturated heterocycles. The van der Waals surface area contributed by atoms with Crippen molar-refractivity contribution in [1.29, 1.82) is 0 Å². The zero-order chi connectivity index (χ0) is 18.2. The largest absolute Gasteiger partial charge is 0.359 e. The normalized spacial score (nSPS) is 22.4. The molecule has 1 aliphatic carbocycles. The van der Waals surface area contributed by atoms with E-state index in [0.29, 0.717) is 31.0 Å². The molecule has 0 aromatic carbocycles. The maximum atomic E-state index is 13.4. The summed E-state index contributed by atoms with van der Waals surface area (Å²) in [4.78, 5) is 12.6. The van der Waals surface area contributed by atoms with E-state index in [-0.39, 0.29) is 30.3 Å². The summed E-state index contributed by atoms with van der Waals surface area (Å²) in [6, 6.07) is 1.43. The van der Waals surface area contributed by atoms with Gasteiger partial charge in [0.2, 0.25) is 5.92 Å². The van der Waals surface area contributed by atoms with Gasteiger partial charge in [-0.1, -0.05) is 25.9 Å². The van der Waals surface area contributed by atoms with Gasteiger partial charge in [-0.15, -0.1) is 0 Å². The van der Waals surface area contributed by atoms with Crippen molar-refractivity contribution in [2.24, 2.45) is 0 Å². The minimum Gasteiger partial charge on any atom is -0.359 e. The van der Waals surface area contributed by atoms with Crippen LogP contribution in [0.25, 0.3) is 0 Å². The van der Waals surface area contributed by atoms with Gasteiger partial charge in [0.25, 0.3) is 0 Å². The van der Waals surface area contributed by atoms with Crippen molar-refractivity contribution < 1.29 is 18.1 Å². The summed E-state index contributed by atoms with van der Waals surface area (Å²) in [5, 5.41) is 10.2. The van der Waals surface area contributed by atoms with Crippen LogP contribution >= 0.6 is 0 Å². The molecule has 0 unspecified atom stereocenters. The van der Waals surface area contributed by atoms with Crippen LogP contribution in [0.4, 0.5) is 19.4 Å². The van der Waals surface area contributed by atoms with Crippen LogP contribution in [0, 0.1) is 0 Å². The highest BCUT2D eigenvalue weighted by Crippen LogP contribution is 2.36. The molecule has 6 nitrogen and oxygen atoms in total. The third-order valence-corrected chi connectivity index (χ3v) is 4.89. The number of hydrogen-bond acceptors (Lipinski definition) is 4. The minimum atomic E-state index is -2.56. The molecule has 0 spiro atoms. The monoisotopic (exact) mass is 356 g/mol. The van der Waals surface area contributed by atoms with Gasteiger partial charge in [-0.25, -0.2) is 18.6 Å². The van der Waals surface area contributed by atoms with Gasteiger partial charge >= 0.3 is 6.03 Å². The number of nitrogens with one attached hydrogen (secondary N) is 1. The van der Waals surface area contributed by atoms with Gasteiger partial charge in [0.05, 0.1) is 0 Å². The van der Waals surface area contributed by atoms with Crippen molar-refractivity contribution in [3.05, 3.63) is 11.8 Å². The average Bonchev–Trinajstić information content (AvgIpc) is 3.15. The van der Waals surface area contributed by atoms with E-state index < -0.39 is 5.92 Å². The molecular weight excluding hydrogens is 330 g/mol. The summed E-state index contributed by atoms with van der Waals surface area (Å²) in [5.41, 5.74) is -0.191. The predicted octanol–water partition coefficient (Wildman–Crippen LogP) is 4.00. The lowest BCUT2D eigenvalue weighted by Gasteiger charge is -2.38. The number of hydrogen-bond donors (Lipinski definition) is 1. The van der Waals surface area contributed by atoms with Crippen molar-refractivity contribution in [1.82, 2.24) is 15.2 Å². The molecule has 2 aliphatic rings. The SMILES string of the molecule is CC(C)(C)c1cc(NC(=O)N2CCCN2C2CCC(F)(F)CC2)no1. The first-order chi connectivity index (χ1) is 11.7. The fraction of sp³-hybridized carbons (Fsp3) is 0.765. The Morgan fingerprint density at radius 3 is 2.60 bits per heavy atom. The van der Waals surface area contributed by atoms with Crippen LogP contribution in [0.15, 0.2) is 10.6 Å². The standard InChI is InChI=1S/C17H26F2N4O2/c1-16(2,3)13-11-14(21-25-13)20-15(24)23-10-4-9-22(23)12-5-7-17(18,19)8-6-12/h11-12H,4-10H2,1-3H3,(H,20,21,24). The number of amides is 2. The second-order valence-electron chi connectivity index (χ2n) is 7.98. The Hall–Kier alpha value is -1.70. The molecule has 3 rings (SSSR count). The van der Waals surface area contributed by atoms with E-state index in [1.807, 2.05) is 25.8 Å². The van der Waals surface area contributed by atoms with Gasteiger partial charge in [0, 0.05) is 43.5 Å². The number of anilines is 1. The third-order valence-electron chi connectivity index (χ3n) is 4.89. The predicted molar refractivity (Wildman–Crippen MR) is 89.5 cm³/mol. The van der Waals surface area contributed by atoms with Crippen molar-refractivity contribution in [2.45, 2.75) is 70.3 Å². The topological polar surface area (TPSA) is 61.6 Å². The summed E-state index contributed by atoms with van der Waals surface area (Å²) < 4.78 is 32.0. The highest BCUT2D eigenvalue weighted by Gasteiger charge is 2.40. The molecule has 0 bridgehead atoms. The Morgan fingerprint density at radius 1 is 1.32 bits per heavy atom. The lowest BCUT2D eigenvalue weighted by atomic mass is 9.92. The molecular formula is C17H26F2N4O2. The van der Waals surface area contributed by atoms with E-state index in [1.54, 1.807) is 11.1 Å². The van der Waals surface area contributed by atoms with E-state index in [2.05, 4.69) is 10.5 Å². The van der Waals surface area contributed by atoms with Crippen molar-refractivity contribution >= 4 is 11.8 Å². The first kappa shape index (κ1) is 18.1. The van der Waals surface area contributed by atoms with Gasteiger partial charge in [0.15, 0.2) is 5.82 Å². The Labute approximate surface area is 146 Å². The molecule has 2 fully saturated rings. The van der Waals surface area contributed by atoms with Crippen LogP contribution in [0.5, 0.6) is 0 Å². The highest BCUT2D eigenvalue weighted by atomic mass is 19.3. The molecule has 1 aliphatic heterocycles. The number of rotatable bonds is 2. The maximum Gasteiger partial charge on any atom is 0.337 e. The van der Waals surface area contributed by atoms with Crippen molar-refractivity contribution in [3.8, 4) is 0 Å². The number of nitrogens with zero attached hydrogens (tertiary/aromatic N) is 3. The van der Waals surface area contributed by atoms with Gasteiger partial charge in [-0.3, -0.25) is 10.3 Å². The molecule has 1 saturated carbocycles. The van der Waals surface area contributed by atoms with E-state index >= 15 is 0 Å². The second-order valence-corrected chi connectivity index (χ2v) is 7.98. The van der Waals surface area contributed by atoms with Crippen LogP contribution < -0.4 is 5.32 Å². The van der Waals surface area contributed by atoms with Gasteiger partial charge in [0.1, 0.15) is 5.76 Å². The van der Waals surface area contributed by atoms with Crippen LogP contribution in [-0.2, 0) is 5.41 Å². The summed E-state index contributed by atoms with van der Waals surface area (Å²) in [5.74, 6) is -1.50. The van der Waals surface area contributed by atoms with Gasteiger partial charge in [-0.2, -0.15) is 0 Å². The van der Waals surface area contributed by atoms with E-state index in [4.69, 9.17) is 4.52 Å². The number of urea groups is 1. The molecule has 2 heterocycles. The highest BCUT2D eigenvalue weighted by molar-refractivity contribution is 5.88. The third kappa shape index (κ3) is 4.11. The smallest absolute Gasteiger partial charge is 0.337 e. The summed E-state index contributed by atoms with van der Waals surface area (Å²) >= 11 is 0. The lowest BCUT2D eigenvalue weighted by Crippen LogP contribution is -2.50. The summed E-state index contributed by atoms with van der Waals surface area (Å²) in [7, 11) is 0. The Kier molecular flexibility index (Phi) is 4.74. The molecule has 140 valence electrons. The zero-order valence-corrected chi connectivity index (χ0v) is 15.0. The summed E-state index contributed by atoms with van der Waals surface area (Å²) in [6.45, 7) is 7.30. The molecule has 1 aromatic heterocycles. The Balaban J connectivity index is 1.62. The maximum absolute atomic E-state index is 13.4. The fourth-order valence-electron chi connectivity index (χ4n) is 3.41. The number of alkyl halides is 2. The van der Waals surface area contributed by atoms with Crippen molar-refractivity contribution in [2.75, 3.05) is 18.4 Å². The Morgan fingerprint density at radius 2 is 2.00 bits per heavy atom. The number of carbonyl (C=O) groups excluding carboxylic acids is 1. The summed E-state index contributed by atoms with van der Waals surface area (Å²) in [6.07, 6.45) is 1.44. The molecule has 25 heavy (non-hydrogen) atoms.